The molecule has 278 valence electrons. The maximum Gasteiger partial charge on any atom is 0.293 e. The molecule has 2 N–H and O–H groups in total. The summed E-state index contributed by atoms with van der Waals surface area (Å²) in [5.74, 6) is -8.00. The molecule has 2 aromatic carbocycles. The summed E-state index contributed by atoms with van der Waals surface area (Å²) in [7, 11) is -1.90. The van der Waals surface area contributed by atoms with Crippen LogP contribution >= 0.6 is 0 Å². The van der Waals surface area contributed by atoms with E-state index in [1.165, 1.54) is 22.6 Å². The number of aromatic amines is 1. The van der Waals surface area contributed by atoms with Crippen molar-refractivity contribution in [2.75, 3.05) is 33.2 Å². The molecule has 3 aliphatic rings. The largest absolute Gasteiger partial charge is 0.346 e. The molecule has 1 amide bonds. The van der Waals surface area contributed by atoms with Crippen molar-refractivity contribution in [1.82, 2.24) is 39.5 Å². The number of piperazine rings is 1. The molecule has 0 spiro atoms. The summed E-state index contributed by atoms with van der Waals surface area (Å²) in [5.41, 5.74) is 0.276. The average Bonchev–Trinajstić information content (AvgIpc) is 3.52. The molecule has 1 aliphatic heterocycles. The van der Waals surface area contributed by atoms with Gasteiger partial charge in [-0.2, -0.15) is 23.3 Å². The van der Waals surface area contributed by atoms with Crippen molar-refractivity contribution in [3.05, 3.63) is 94.6 Å². The second-order valence-corrected chi connectivity index (χ2v) is 15.7. The molecule has 8 rings (SSSR count). The van der Waals surface area contributed by atoms with Gasteiger partial charge >= 0.3 is 0 Å². The van der Waals surface area contributed by atoms with E-state index in [0.717, 1.165) is 12.1 Å². The Hall–Kier alpha value is -4.81. The third kappa shape index (κ3) is 6.35. The van der Waals surface area contributed by atoms with Gasteiger partial charge in [0.25, 0.3) is 12.3 Å². The summed E-state index contributed by atoms with van der Waals surface area (Å²) in [6.07, 6.45) is -1.89. The van der Waals surface area contributed by atoms with Gasteiger partial charge in [-0.3, -0.25) is 14.6 Å². The number of sulfonamides is 1. The van der Waals surface area contributed by atoms with Gasteiger partial charge in [-0.15, -0.1) is 0 Å². The first-order valence-corrected chi connectivity index (χ1v) is 18.3. The van der Waals surface area contributed by atoms with Crippen molar-refractivity contribution in [1.29, 1.82) is 0 Å². The van der Waals surface area contributed by atoms with E-state index in [-0.39, 0.29) is 34.6 Å². The van der Waals surface area contributed by atoms with Crippen molar-refractivity contribution >= 4 is 27.0 Å². The summed E-state index contributed by atoms with van der Waals surface area (Å²) in [5, 5.41) is 13.3. The van der Waals surface area contributed by atoms with Crippen LogP contribution in [0.5, 0.6) is 0 Å². The van der Waals surface area contributed by atoms with Crippen LogP contribution in [0.25, 0.3) is 22.2 Å². The zero-order valence-electron chi connectivity index (χ0n) is 28.0. The molecular formula is C35H32F6N8O3S. The predicted molar refractivity (Wildman–Crippen MR) is 178 cm³/mol. The fourth-order valence-corrected chi connectivity index (χ4v) is 8.93. The van der Waals surface area contributed by atoms with E-state index in [2.05, 4.69) is 20.6 Å². The Kier molecular flexibility index (Phi) is 8.61. The number of nitrogens with one attached hydrogen (secondary N) is 2. The number of hydrogen-bond donors (Lipinski definition) is 2. The van der Waals surface area contributed by atoms with Gasteiger partial charge in [0, 0.05) is 49.3 Å². The van der Waals surface area contributed by atoms with Gasteiger partial charge in [0.1, 0.15) is 35.1 Å². The van der Waals surface area contributed by atoms with Gasteiger partial charge in [-0.1, -0.05) is 12.1 Å². The quantitative estimate of drug-likeness (QED) is 0.186. The van der Waals surface area contributed by atoms with Crippen molar-refractivity contribution < 1.29 is 39.6 Å². The lowest BCUT2D eigenvalue weighted by atomic mass is 9.95. The standard InChI is InChI=1S/C35H32F6N8O3S/c1-47-6-8-48(9-7-47)53(51,52)22-4-2-19(3-5-22)23-15-26-28(16-42-45-26)44-31(23)27(12-18-10-20(36)13-21(37)11-18)43-29(50)17-49-33-30(32(46-49)34(38)39)24-14-25(24)35(33,40)41/h2-5,10-11,13,15-16,24-25,27,34H,6-9,12,14,17H2,1H3,(H,42,45)(H,43,50)/t24-,25+,27?/m0/s1. The van der Waals surface area contributed by atoms with Crippen LogP contribution in [0.3, 0.4) is 0 Å². The number of amides is 1. The van der Waals surface area contributed by atoms with Crippen LogP contribution in [0.2, 0.25) is 0 Å². The highest BCUT2D eigenvalue weighted by Gasteiger charge is 2.67. The lowest BCUT2D eigenvalue weighted by Gasteiger charge is -2.31. The summed E-state index contributed by atoms with van der Waals surface area (Å²) >= 11 is 0. The van der Waals surface area contributed by atoms with E-state index in [4.69, 9.17) is 4.98 Å². The van der Waals surface area contributed by atoms with Crippen molar-refractivity contribution in [3.8, 4) is 11.1 Å². The highest BCUT2D eigenvalue weighted by molar-refractivity contribution is 7.89. The molecular weight excluding hydrogens is 726 g/mol. The van der Waals surface area contributed by atoms with E-state index in [1.807, 2.05) is 11.9 Å². The Balaban J connectivity index is 1.16. The molecule has 0 bridgehead atoms. The SMILES string of the molecule is CN1CCN(S(=O)(=O)c2ccc(-c3cc4[nH]ncc4nc3C(Cc3cc(F)cc(F)c3)NC(=O)Cn3nc(C(F)F)c4c3C(F)(F)[C@@H]3C[C@H]43)cc2)CC1. The zero-order chi connectivity index (χ0) is 37.4. The second kappa shape index (κ2) is 12.9. The van der Waals surface area contributed by atoms with Crippen LogP contribution in [0.4, 0.5) is 26.3 Å². The molecule has 2 fully saturated rings. The number of benzene rings is 2. The van der Waals surface area contributed by atoms with E-state index in [9.17, 15) is 30.8 Å². The maximum absolute atomic E-state index is 15.3. The lowest BCUT2D eigenvalue weighted by Crippen LogP contribution is -2.46. The normalized spacial score (nSPS) is 20.5. The van der Waals surface area contributed by atoms with Crippen LogP contribution in [-0.4, -0.2) is 81.7 Å². The Bertz CT molecular complexity index is 2320. The highest BCUT2D eigenvalue weighted by atomic mass is 32.2. The Labute approximate surface area is 299 Å². The number of pyridine rings is 1. The Morgan fingerprint density at radius 3 is 2.40 bits per heavy atom. The first kappa shape index (κ1) is 35.2. The number of rotatable bonds is 10. The minimum atomic E-state index is -3.81. The number of carbonyl (C=O) groups is 1. The van der Waals surface area contributed by atoms with Gasteiger partial charge in [0.2, 0.25) is 15.9 Å². The van der Waals surface area contributed by atoms with Crippen molar-refractivity contribution in [2.45, 2.75) is 48.6 Å². The number of likely N-dealkylation sites (N-methyl/N-ethyl adjacent to an activating group) is 1. The number of aromatic nitrogens is 5. The van der Waals surface area contributed by atoms with Gasteiger partial charge in [0.05, 0.1) is 28.3 Å². The fourth-order valence-electron chi connectivity index (χ4n) is 7.51. The average molecular weight is 759 g/mol. The molecule has 2 aliphatic carbocycles. The van der Waals surface area contributed by atoms with E-state index >= 15 is 8.78 Å². The molecule has 3 atom stereocenters. The number of nitrogens with zero attached hydrogens (tertiary/aromatic N) is 6. The summed E-state index contributed by atoms with van der Waals surface area (Å²) < 4.78 is 116. The molecule has 18 heteroatoms. The number of fused-ring (bicyclic) bond motifs is 4. The molecule has 5 aromatic rings. The minimum Gasteiger partial charge on any atom is -0.346 e. The number of alkyl halides is 4. The van der Waals surface area contributed by atoms with Gasteiger partial charge < -0.3 is 10.2 Å². The predicted octanol–water partition coefficient (Wildman–Crippen LogP) is 5.28. The first-order chi connectivity index (χ1) is 25.2. The Morgan fingerprint density at radius 1 is 1.02 bits per heavy atom. The molecule has 53 heavy (non-hydrogen) atoms. The van der Waals surface area contributed by atoms with Crippen LogP contribution in [0, 0.1) is 17.6 Å². The number of hydrogen-bond acceptors (Lipinski definition) is 7. The number of halogens is 6. The van der Waals surface area contributed by atoms with Crippen LogP contribution in [0.15, 0.2) is 59.6 Å². The first-order valence-electron chi connectivity index (χ1n) is 16.8. The molecule has 1 saturated carbocycles. The summed E-state index contributed by atoms with van der Waals surface area (Å²) in [6, 6.07) is 9.35. The summed E-state index contributed by atoms with van der Waals surface area (Å²) in [4.78, 5) is 20.5. The molecule has 4 heterocycles. The van der Waals surface area contributed by atoms with Gasteiger partial charge in [-0.25, -0.2) is 31.0 Å². The molecule has 1 unspecified atom stereocenters. The van der Waals surface area contributed by atoms with E-state index in [1.54, 1.807) is 18.2 Å². The minimum absolute atomic E-state index is 0.0532. The van der Waals surface area contributed by atoms with E-state index < -0.39 is 75.7 Å². The third-order valence-corrected chi connectivity index (χ3v) is 12.1. The smallest absolute Gasteiger partial charge is 0.293 e. The maximum atomic E-state index is 15.3. The topological polar surface area (TPSA) is 129 Å². The van der Waals surface area contributed by atoms with Crippen LogP contribution < -0.4 is 5.32 Å². The molecule has 1 saturated heterocycles. The summed E-state index contributed by atoms with van der Waals surface area (Å²) in [6.45, 7) is 0.977. The lowest BCUT2D eigenvalue weighted by molar-refractivity contribution is -0.123. The monoisotopic (exact) mass is 758 g/mol. The van der Waals surface area contributed by atoms with Crippen LogP contribution in [0.1, 0.15) is 53.0 Å². The molecule has 11 nitrogen and oxygen atoms in total. The van der Waals surface area contributed by atoms with Crippen molar-refractivity contribution in [2.24, 2.45) is 5.92 Å². The Morgan fingerprint density at radius 2 is 1.72 bits per heavy atom. The van der Waals surface area contributed by atoms with Gasteiger partial charge in [0.15, 0.2) is 0 Å². The highest BCUT2D eigenvalue weighted by Crippen LogP contribution is 2.68. The number of carbonyl (C=O) groups excluding carboxylic acids is 1. The third-order valence-electron chi connectivity index (χ3n) is 10.2. The second-order valence-electron chi connectivity index (χ2n) is 13.7. The fraction of sp³-hybridized carbons (Fsp3) is 0.371. The van der Waals surface area contributed by atoms with Crippen molar-refractivity contribution in [3.63, 3.8) is 0 Å². The van der Waals surface area contributed by atoms with Gasteiger partial charge in [-0.05, 0) is 67.3 Å². The number of H-pyrrole nitrogens is 1. The zero-order valence-corrected chi connectivity index (χ0v) is 28.9. The molecule has 3 aromatic heterocycles. The molecule has 0 radical (unpaired) electrons. The van der Waals surface area contributed by atoms with Crippen LogP contribution in [-0.2, 0) is 33.7 Å². The van der Waals surface area contributed by atoms with E-state index in [0.29, 0.717) is 59.1 Å².